The molecule has 2 aromatic carbocycles. The molecule has 1 atom stereocenters. The highest BCUT2D eigenvalue weighted by atomic mass is 35.5. The van der Waals surface area contributed by atoms with Gasteiger partial charge in [-0.05, 0) is 42.3 Å². The first-order valence-electron chi connectivity index (χ1n) is 11.4. The zero-order chi connectivity index (χ0) is 24.5. The number of fused-ring (bicyclic) bond motifs is 3. The molecule has 4 nitrogen and oxygen atoms in total. The lowest BCUT2D eigenvalue weighted by molar-refractivity contribution is 0.0788. The van der Waals surface area contributed by atoms with E-state index in [1.165, 1.54) is 12.8 Å². The van der Waals surface area contributed by atoms with Crippen LogP contribution in [0.3, 0.4) is 0 Å². The second-order valence-electron chi connectivity index (χ2n) is 7.32. The van der Waals surface area contributed by atoms with Crippen molar-refractivity contribution < 1.29 is 9.47 Å². The number of methoxy groups -OCH3 is 1. The van der Waals surface area contributed by atoms with Crippen LogP contribution in [0.2, 0.25) is 15.3 Å². The molecular weight excluding hydrogens is 479 g/mol. The van der Waals surface area contributed by atoms with E-state index in [-0.39, 0.29) is 11.3 Å². The minimum absolute atomic E-state index is 0.281. The van der Waals surface area contributed by atoms with Crippen molar-refractivity contribution in [3.63, 3.8) is 0 Å². The van der Waals surface area contributed by atoms with Crippen LogP contribution in [-0.2, 0) is 11.2 Å². The molecule has 180 valence electrons. The molecule has 0 unspecified atom stereocenters. The Balaban J connectivity index is 0.000000582. The number of halogens is 3. The zero-order valence-electron chi connectivity index (χ0n) is 20.2. The standard InChI is InChI=1S/C20H17Cl3N2O2.C4H10.C2H6/c1-11-13(4-3-5-16(11)26-2)18-14-10-12(21)6-7-15(14)25-17(8-9-27-18)24-19(22)20(25)23;1-3-4-2;1-2/h3-7,10,18H,8-9H2,1-2H3;3-4H2,1-2H3;1-2H3/t18-;;/m1../s1. The van der Waals surface area contributed by atoms with E-state index in [9.17, 15) is 0 Å². The molecule has 1 aromatic heterocycles. The van der Waals surface area contributed by atoms with Gasteiger partial charge in [0.05, 0.1) is 19.4 Å². The third-order valence-electron chi connectivity index (χ3n) is 5.30. The highest BCUT2D eigenvalue weighted by Crippen LogP contribution is 2.40. The Kier molecular flexibility index (Phi) is 11.0. The molecule has 0 fully saturated rings. The second kappa shape index (κ2) is 13.2. The summed E-state index contributed by atoms with van der Waals surface area (Å²) in [5, 5.41) is 1.29. The van der Waals surface area contributed by atoms with Crippen LogP contribution in [-0.4, -0.2) is 23.3 Å². The molecule has 1 aliphatic heterocycles. The van der Waals surface area contributed by atoms with Crippen molar-refractivity contribution in [1.29, 1.82) is 0 Å². The number of hydrogen-bond acceptors (Lipinski definition) is 3. The van der Waals surface area contributed by atoms with Crippen molar-refractivity contribution in [3.05, 3.63) is 74.2 Å². The van der Waals surface area contributed by atoms with Crippen LogP contribution in [0.25, 0.3) is 5.69 Å². The smallest absolute Gasteiger partial charge is 0.166 e. The van der Waals surface area contributed by atoms with E-state index < -0.39 is 0 Å². The van der Waals surface area contributed by atoms with Crippen molar-refractivity contribution in [1.82, 2.24) is 9.55 Å². The normalized spacial score (nSPS) is 14.4. The van der Waals surface area contributed by atoms with E-state index in [4.69, 9.17) is 44.3 Å². The molecule has 0 spiro atoms. The summed E-state index contributed by atoms with van der Waals surface area (Å²) in [6, 6.07) is 11.6. The van der Waals surface area contributed by atoms with Crippen LogP contribution in [0, 0.1) is 6.92 Å². The number of ether oxygens (including phenoxy) is 2. The molecule has 0 saturated heterocycles. The van der Waals surface area contributed by atoms with Crippen LogP contribution in [0.15, 0.2) is 36.4 Å². The van der Waals surface area contributed by atoms with Gasteiger partial charge < -0.3 is 9.47 Å². The van der Waals surface area contributed by atoms with Crippen LogP contribution < -0.4 is 4.74 Å². The summed E-state index contributed by atoms with van der Waals surface area (Å²) in [7, 11) is 1.66. The number of hydrogen-bond donors (Lipinski definition) is 0. The molecular formula is C26H33Cl3N2O2. The molecule has 3 aromatic rings. The Morgan fingerprint density at radius 2 is 1.76 bits per heavy atom. The number of nitrogens with zero attached hydrogens (tertiary/aromatic N) is 2. The van der Waals surface area contributed by atoms with Crippen molar-refractivity contribution >= 4 is 34.8 Å². The van der Waals surface area contributed by atoms with Gasteiger partial charge in [-0.2, -0.15) is 0 Å². The third kappa shape index (κ3) is 6.24. The van der Waals surface area contributed by atoms with Gasteiger partial charge in [-0.3, -0.25) is 4.57 Å². The highest BCUT2D eigenvalue weighted by Gasteiger charge is 2.28. The molecule has 1 aliphatic rings. The van der Waals surface area contributed by atoms with Crippen molar-refractivity contribution in [2.24, 2.45) is 0 Å². The summed E-state index contributed by atoms with van der Waals surface area (Å²) >= 11 is 19.0. The second-order valence-corrected chi connectivity index (χ2v) is 8.48. The average molecular weight is 512 g/mol. The first-order valence-corrected chi connectivity index (χ1v) is 12.5. The van der Waals surface area contributed by atoms with Crippen LogP contribution in [0.4, 0.5) is 0 Å². The lowest BCUT2D eigenvalue weighted by Crippen LogP contribution is -2.18. The van der Waals surface area contributed by atoms with Gasteiger partial charge in [0, 0.05) is 17.0 Å². The van der Waals surface area contributed by atoms with Gasteiger partial charge in [-0.1, -0.05) is 87.5 Å². The maximum atomic E-state index is 6.47. The molecule has 0 N–H and O–H groups in total. The Labute approximate surface area is 212 Å². The van der Waals surface area contributed by atoms with Gasteiger partial charge in [-0.25, -0.2) is 4.98 Å². The van der Waals surface area contributed by atoms with E-state index in [0.717, 1.165) is 34.0 Å². The van der Waals surface area contributed by atoms with Crippen molar-refractivity contribution in [2.75, 3.05) is 13.7 Å². The number of benzene rings is 2. The lowest BCUT2D eigenvalue weighted by Gasteiger charge is -2.27. The molecule has 0 bridgehead atoms. The minimum atomic E-state index is -0.320. The van der Waals surface area contributed by atoms with Gasteiger partial charge in [0.1, 0.15) is 17.7 Å². The fourth-order valence-electron chi connectivity index (χ4n) is 3.52. The lowest BCUT2D eigenvalue weighted by atomic mass is 9.95. The van der Waals surface area contributed by atoms with Crippen LogP contribution in [0.1, 0.15) is 69.2 Å². The fraction of sp³-hybridized carbons (Fsp3) is 0.423. The molecule has 33 heavy (non-hydrogen) atoms. The minimum Gasteiger partial charge on any atom is -0.496 e. The van der Waals surface area contributed by atoms with Crippen LogP contribution in [0.5, 0.6) is 5.75 Å². The predicted octanol–water partition coefficient (Wildman–Crippen LogP) is 8.64. The summed E-state index contributed by atoms with van der Waals surface area (Å²) < 4.78 is 13.6. The number of rotatable bonds is 3. The highest BCUT2D eigenvalue weighted by molar-refractivity contribution is 6.40. The molecule has 0 saturated carbocycles. The first kappa shape index (κ1) is 27.5. The van der Waals surface area contributed by atoms with E-state index in [2.05, 4.69) is 18.8 Å². The predicted molar refractivity (Wildman–Crippen MR) is 140 cm³/mol. The van der Waals surface area contributed by atoms with Crippen molar-refractivity contribution in [3.8, 4) is 11.4 Å². The van der Waals surface area contributed by atoms with Crippen LogP contribution >= 0.6 is 34.8 Å². The quantitative estimate of drug-likeness (QED) is 0.353. The number of aromatic nitrogens is 2. The Hall–Kier alpha value is -1.72. The van der Waals surface area contributed by atoms with Gasteiger partial charge in [0.15, 0.2) is 10.3 Å². The maximum absolute atomic E-state index is 6.47. The number of imidazole rings is 1. The molecule has 0 aliphatic carbocycles. The molecule has 7 heteroatoms. The first-order chi connectivity index (χ1) is 15.9. The topological polar surface area (TPSA) is 36.3 Å². The van der Waals surface area contributed by atoms with Gasteiger partial charge >= 0.3 is 0 Å². The fourth-order valence-corrected chi connectivity index (χ4v) is 4.11. The van der Waals surface area contributed by atoms with Gasteiger partial charge in [0.2, 0.25) is 0 Å². The third-order valence-corrected chi connectivity index (χ3v) is 6.25. The Morgan fingerprint density at radius 3 is 2.39 bits per heavy atom. The summed E-state index contributed by atoms with van der Waals surface area (Å²) in [5.41, 5.74) is 3.79. The summed E-state index contributed by atoms with van der Waals surface area (Å²) in [4.78, 5) is 4.38. The zero-order valence-corrected chi connectivity index (χ0v) is 22.5. The summed E-state index contributed by atoms with van der Waals surface area (Å²) in [6.45, 7) is 10.9. The van der Waals surface area contributed by atoms with E-state index in [1.807, 2.05) is 61.7 Å². The van der Waals surface area contributed by atoms with Crippen molar-refractivity contribution in [2.45, 2.75) is 60.0 Å². The summed E-state index contributed by atoms with van der Waals surface area (Å²) in [6.07, 6.45) is 2.91. The van der Waals surface area contributed by atoms with Gasteiger partial charge in [0.25, 0.3) is 0 Å². The molecule has 0 radical (unpaired) electrons. The van der Waals surface area contributed by atoms with E-state index in [1.54, 1.807) is 7.11 Å². The monoisotopic (exact) mass is 510 g/mol. The van der Waals surface area contributed by atoms with E-state index in [0.29, 0.717) is 23.2 Å². The molecule has 0 amide bonds. The number of unbranched alkanes of at least 4 members (excludes halogenated alkanes) is 1. The molecule has 2 heterocycles. The van der Waals surface area contributed by atoms with Gasteiger partial charge in [-0.15, -0.1) is 0 Å². The molecule has 4 rings (SSSR count). The Bertz CT molecular complexity index is 1050. The maximum Gasteiger partial charge on any atom is 0.166 e. The SMILES string of the molecule is CC.CCCC.COc1cccc([C@H]2OCCc3nc(Cl)c(Cl)n3-c3ccc(Cl)cc32)c1C. The largest absolute Gasteiger partial charge is 0.496 e. The van der Waals surface area contributed by atoms with E-state index >= 15 is 0 Å². The Morgan fingerprint density at radius 1 is 1.06 bits per heavy atom. The summed E-state index contributed by atoms with van der Waals surface area (Å²) in [5.74, 6) is 1.57. The average Bonchev–Trinajstić information content (AvgIpc) is 3.10.